The van der Waals surface area contributed by atoms with Gasteiger partial charge in [-0.25, -0.2) is 9.97 Å². The third-order valence-corrected chi connectivity index (χ3v) is 6.88. The second-order valence-corrected chi connectivity index (χ2v) is 9.42. The average Bonchev–Trinajstić information content (AvgIpc) is 3.41. The molecule has 4 heteroatoms. The van der Waals surface area contributed by atoms with E-state index in [0.29, 0.717) is 5.92 Å². The van der Waals surface area contributed by atoms with E-state index in [9.17, 15) is 0 Å². The Kier molecular flexibility index (Phi) is 7.16. The van der Waals surface area contributed by atoms with Crippen molar-refractivity contribution in [3.05, 3.63) is 108 Å². The van der Waals surface area contributed by atoms with E-state index in [1.165, 1.54) is 43.2 Å². The highest BCUT2D eigenvalue weighted by Gasteiger charge is 2.32. The summed E-state index contributed by atoms with van der Waals surface area (Å²) < 4.78 is 5.70. The third kappa shape index (κ3) is 5.45. The number of rotatable bonds is 8. The standard InChI is InChI=1S/C30H33N3O/c1-23-31-27(29-18-11-19-34-29)20-28(32-23)30(26-16-9-4-10-17-26)33(21-24-12-5-2-6-13-24)22-25-14-7-3-8-15-25/h2-3,5-8,11-15,18-20,26,30H,4,9-10,16-17,21-22H2,1H3/t30-/m0/s1. The number of furan rings is 1. The summed E-state index contributed by atoms with van der Waals surface area (Å²) in [6.07, 6.45) is 8.11. The van der Waals surface area contributed by atoms with Gasteiger partial charge in [0.1, 0.15) is 11.5 Å². The Morgan fingerprint density at radius 3 is 2.06 bits per heavy atom. The smallest absolute Gasteiger partial charge is 0.152 e. The Bertz CT molecular complexity index is 1110. The molecule has 0 aliphatic heterocycles. The zero-order valence-electron chi connectivity index (χ0n) is 19.9. The molecule has 2 aromatic carbocycles. The van der Waals surface area contributed by atoms with E-state index < -0.39 is 0 Å². The van der Waals surface area contributed by atoms with E-state index in [-0.39, 0.29) is 6.04 Å². The van der Waals surface area contributed by atoms with Gasteiger partial charge in [-0.3, -0.25) is 4.90 Å². The highest BCUT2D eigenvalue weighted by molar-refractivity contribution is 5.52. The Hall–Kier alpha value is -3.24. The van der Waals surface area contributed by atoms with Gasteiger partial charge in [0.05, 0.1) is 18.0 Å². The van der Waals surface area contributed by atoms with Gasteiger partial charge in [-0.15, -0.1) is 0 Å². The van der Waals surface area contributed by atoms with Gasteiger partial charge in [-0.2, -0.15) is 0 Å². The molecule has 0 N–H and O–H groups in total. The van der Waals surface area contributed by atoms with E-state index in [1.54, 1.807) is 6.26 Å². The number of benzene rings is 2. The van der Waals surface area contributed by atoms with Gasteiger partial charge in [-0.05, 0) is 55.0 Å². The normalized spacial score (nSPS) is 15.5. The van der Waals surface area contributed by atoms with E-state index >= 15 is 0 Å². The van der Waals surface area contributed by atoms with Crippen molar-refractivity contribution in [2.24, 2.45) is 5.92 Å². The average molecular weight is 452 g/mol. The van der Waals surface area contributed by atoms with Crippen molar-refractivity contribution in [2.45, 2.75) is 58.2 Å². The van der Waals surface area contributed by atoms with E-state index in [2.05, 4.69) is 71.6 Å². The summed E-state index contributed by atoms with van der Waals surface area (Å²) in [6.45, 7) is 3.76. The van der Waals surface area contributed by atoms with Crippen molar-refractivity contribution in [1.29, 1.82) is 0 Å². The maximum absolute atomic E-state index is 5.70. The van der Waals surface area contributed by atoms with Gasteiger partial charge < -0.3 is 4.42 Å². The predicted molar refractivity (Wildman–Crippen MR) is 136 cm³/mol. The lowest BCUT2D eigenvalue weighted by Gasteiger charge is -2.39. The van der Waals surface area contributed by atoms with Crippen LogP contribution in [0.1, 0.15) is 60.8 Å². The highest BCUT2D eigenvalue weighted by atomic mass is 16.3. The van der Waals surface area contributed by atoms with Crippen molar-refractivity contribution < 1.29 is 4.42 Å². The van der Waals surface area contributed by atoms with E-state index in [1.807, 2.05) is 19.1 Å². The van der Waals surface area contributed by atoms with Crippen LogP contribution in [0.25, 0.3) is 11.5 Å². The molecule has 1 saturated carbocycles. The highest BCUT2D eigenvalue weighted by Crippen LogP contribution is 2.40. The molecular weight excluding hydrogens is 418 g/mol. The minimum atomic E-state index is 0.219. The van der Waals surface area contributed by atoms with Crippen molar-refractivity contribution in [3.8, 4) is 11.5 Å². The summed E-state index contributed by atoms with van der Waals surface area (Å²) in [5.41, 5.74) is 4.64. The van der Waals surface area contributed by atoms with Gasteiger partial charge in [0, 0.05) is 13.1 Å². The molecule has 1 aliphatic carbocycles. The topological polar surface area (TPSA) is 42.2 Å². The molecule has 0 spiro atoms. The molecule has 0 amide bonds. The van der Waals surface area contributed by atoms with Crippen LogP contribution in [0.2, 0.25) is 0 Å². The number of hydrogen-bond donors (Lipinski definition) is 0. The number of hydrogen-bond acceptors (Lipinski definition) is 4. The third-order valence-electron chi connectivity index (χ3n) is 6.88. The molecule has 1 fully saturated rings. The first kappa shape index (κ1) is 22.5. The maximum atomic E-state index is 5.70. The van der Waals surface area contributed by atoms with Gasteiger partial charge in [0.2, 0.25) is 0 Å². The second-order valence-electron chi connectivity index (χ2n) is 9.42. The van der Waals surface area contributed by atoms with Gasteiger partial charge in [0.15, 0.2) is 5.76 Å². The van der Waals surface area contributed by atoms with Gasteiger partial charge in [-0.1, -0.05) is 79.9 Å². The minimum absolute atomic E-state index is 0.219. The molecule has 5 rings (SSSR count). The molecule has 4 aromatic rings. The summed E-state index contributed by atoms with van der Waals surface area (Å²) in [5, 5.41) is 0. The SMILES string of the molecule is Cc1nc(-c2ccco2)cc([C@H](C2CCCCC2)N(Cc2ccccc2)Cc2ccccc2)n1. The van der Waals surface area contributed by atoms with Gasteiger partial charge in [0.25, 0.3) is 0 Å². The maximum Gasteiger partial charge on any atom is 0.152 e. The minimum Gasteiger partial charge on any atom is -0.463 e. The van der Waals surface area contributed by atoms with Crippen LogP contribution in [0, 0.1) is 12.8 Å². The zero-order chi connectivity index (χ0) is 23.2. The van der Waals surface area contributed by atoms with E-state index in [0.717, 1.165) is 36.1 Å². The molecule has 34 heavy (non-hydrogen) atoms. The van der Waals surface area contributed by atoms with Crippen LogP contribution in [-0.2, 0) is 13.1 Å². The Morgan fingerprint density at radius 1 is 0.824 bits per heavy atom. The van der Waals surface area contributed by atoms with Crippen molar-refractivity contribution in [3.63, 3.8) is 0 Å². The van der Waals surface area contributed by atoms with Crippen LogP contribution in [0.5, 0.6) is 0 Å². The first-order valence-electron chi connectivity index (χ1n) is 12.5. The number of nitrogens with zero attached hydrogens (tertiary/aromatic N) is 3. The van der Waals surface area contributed by atoms with Crippen molar-refractivity contribution >= 4 is 0 Å². The first-order chi connectivity index (χ1) is 16.8. The summed E-state index contributed by atoms with van der Waals surface area (Å²) in [4.78, 5) is 12.4. The fourth-order valence-electron chi connectivity index (χ4n) is 5.36. The largest absolute Gasteiger partial charge is 0.463 e. The molecule has 0 unspecified atom stereocenters. The molecule has 2 heterocycles. The Morgan fingerprint density at radius 2 is 1.47 bits per heavy atom. The molecule has 2 aromatic heterocycles. The van der Waals surface area contributed by atoms with Crippen LogP contribution in [-0.4, -0.2) is 14.9 Å². The molecule has 1 aliphatic rings. The van der Waals surface area contributed by atoms with Crippen LogP contribution >= 0.6 is 0 Å². The van der Waals surface area contributed by atoms with E-state index in [4.69, 9.17) is 14.4 Å². The number of aromatic nitrogens is 2. The monoisotopic (exact) mass is 451 g/mol. The predicted octanol–water partition coefficient (Wildman–Crippen LogP) is 7.37. The fourth-order valence-corrected chi connectivity index (χ4v) is 5.36. The summed E-state index contributed by atoms with van der Waals surface area (Å²) in [5.74, 6) is 2.16. The fraction of sp³-hybridized carbons (Fsp3) is 0.333. The summed E-state index contributed by atoms with van der Waals surface area (Å²) in [7, 11) is 0. The lowest BCUT2D eigenvalue weighted by molar-refractivity contribution is 0.0985. The molecule has 0 saturated heterocycles. The first-order valence-corrected chi connectivity index (χ1v) is 12.5. The van der Waals surface area contributed by atoms with Gasteiger partial charge >= 0.3 is 0 Å². The molecule has 0 bridgehead atoms. The number of aryl methyl sites for hydroxylation is 1. The molecule has 174 valence electrons. The Balaban J connectivity index is 1.58. The quantitative estimate of drug-likeness (QED) is 0.280. The van der Waals surface area contributed by atoms with Crippen LogP contribution in [0.4, 0.5) is 0 Å². The lowest BCUT2D eigenvalue weighted by atomic mass is 9.81. The van der Waals surface area contributed by atoms with Crippen LogP contribution in [0.15, 0.2) is 89.5 Å². The molecule has 4 nitrogen and oxygen atoms in total. The van der Waals surface area contributed by atoms with Crippen LogP contribution < -0.4 is 0 Å². The molecule has 1 atom stereocenters. The molecule has 0 radical (unpaired) electrons. The lowest BCUT2D eigenvalue weighted by Crippen LogP contribution is -2.35. The molecular formula is C30H33N3O. The summed E-state index contributed by atoms with van der Waals surface area (Å²) in [6, 6.07) is 27.9. The zero-order valence-corrected chi connectivity index (χ0v) is 19.9. The van der Waals surface area contributed by atoms with Crippen LogP contribution in [0.3, 0.4) is 0 Å². The Labute approximate surface area is 202 Å². The second kappa shape index (κ2) is 10.8. The summed E-state index contributed by atoms with van der Waals surface area (Å²) >= 11 is 0. The van der Waals surface area contributed by atoms with Crippen molar-refractivity contribution in [1.82, 2.24) is 14.9 Å². The van der Waals surface area contributed by atoms with Crippen molar-refractivity contribution in [2.75, 3.05) is 0 Å².